The van der Waals surface area contributed by atoms with Crippen LogP contribution in [0.25, 0.3) is 0 Å². The van der Waals surface area contributed by atoms with Gasteiger partial charge in [-0.15, -0.1) is 0 Å². The molecular formula is C52H99NO3. The summed E-state index contributed by atoms with van der Waals surface area (Å²) < 4.78 is 0. The van der Waals surface area contributed by atoms with Gasteiger partial charge in [0, 0.05) is 6.42 Å². The van der Waals surface area contributed by atoms with Crippen molar-refractivity contribution in [2.75, 3.05) is 6.61 Å². The van der Waals surface area contributed by atoms with Crippen molar-refractivity contribution < 1.29 is 15.0 Å². The number of aliphatic hydroxyl groups excluding tert-OH is 2. The van der Waals surface area contributed by atoms with Crippen LogP contribution in [0, 0.1) is 0 Å². The van der Waals surface area contributed by atoms with Crippen molar-refractivity contribution in [3.63, 3.8) is 0 Å². The molecule has 0 aliphatic rings. The molecular weight excluding hydrogens is 687 g/mol. The molecule has 56 heavy (non-hydrogen) atoms. The standard InChI is InChI=1S/C52H99NO3/c1-3-5-7-9-11-13-15-16-17-18-19-20-21-22-23-24-25-26-27-28-29-30-31-32-33-34-35-36-38-40-42-44-46-48-52(56)53-50(49-54)51(55)47-45-43-41-39-37-14-12-10-8-6-4-2/h19-20,22-23,45,47,50-51,54-55H,3-18,21,24-44,46,48-49H2,1-2H3,(H,53,56)/b20-19-,23-22-,47-45+. The van der Waals surface area contributed by atoms with Crippen LogP contribution in [-0.4, -0.2) is 34.9 Å². The normalized spacial score (nSPS) is 13.1. The van der Waals surface area contributed by atoms with Crippen LogP contribution in [-0.2, 0) is 4.79 Å². The molecule has 0 aromatic rings. The average molecular weight is 786 g/mol. The first-order chi connectivity index (χ1) is 27.7. The summed E-state index contributed by atoms with van der Waals surface area (Å²) in [6, 6.07) is -0.619. The number of unbranched alkanes of at least 4 members (excludes halogenated alkanes) is 35. The van der Waals surface area contributed by atoms with Crippen LogP contribution in [0.4, 0.5) is 0 Å². The first-order valence-electron chi connectivity index (χ1n) is 25.2. The lowest BCUT2D eigenvalue weighted by atomic mass is 10.0. The Labute approximate surface area is 351 Å². The molecule has 0 aliphatic carbocycles. The van der Waals surface area contributed by atoms with E-state index in [-0.39, 0.29) is 12.5 Å². The maximum atomic E-state index is 12.4. The van der Waals surface area contributed by atoms with Gasteiger partial charge in [0.1, 0.15) is 0 Å². The fourth-order valence-electron chi connectivity index (χ4n) is 7.74. The molecule has 330 valence electrons. The molecule has 0 aliphatic heterocycles. The largest absolute Gasteiger partial charge is 0.394 e. The first kappa shape index (κ1) is 54.6. The Morgan fingerprint density at radius 3 is 1.07 bits per heavy atom. The van der Waals surface area contributed by atoms with E-state index in [0.29, 0.717) is 6.42 Å². The van der Waals surface area contributed by atoms with Crippen molar-refractivity contribution in [3.8, 4) is 0 Å². The summed E-state index contributed by atoms with van der Waals surface area (Å²) in [7, 11) is 0. The fraction of sp³-hybridized carbons (Fsp3) is 0.865. The quantitative estimate of drug-likeness (QED) is 0.0425. The smallest absolute Gasteiger partial charge is 0.220 e. The zero-order chi connectivity index (χ0) is 40.7. The Bertz CT molecular complexity index is 851. The molecule has 3 N–H and O–H groups in total. The van der Waals surface area contributed by atoms with E-state index >= 15 is 0 Å². The second-order valence-corrected chi connectivity index (χ2v) is 17.2. The summed E-state index contributed by atoms with van der Waals surface area (Å²) in [6.07, 6.45) is 64.4. The highest BCUT2D eigenvalue weighted by atomic mass is 16.3. The summed E-state index contributed by atoms with van der Waals surface area (Å²) >= 11 is 0. The third kappa shape index (κ3) is 43.7. The molecule has 2 unspecified atom stereocenters. The molecule has 0 heterocycles. The van der Waals surface area contributed by atoms with E-state index in [0.717, 1.165) is 32.1 Å². The average Bonchev–Trinajstić information content (AvgIpc) is 3.20. The van der Waals surface area contributed by atoms with E-state index in [1.165, 1.54) is 218 Å². The third-order valence-corrected chi connectivity index (χ3v) is 11.6. The van der Waals surface area contributed by atoms with Gasteiger partial charge in [-0.3, -0.25) is 4.79 Å². The predicted octanol–water partition coefficient (Wildman–Crippen LogP) is 16.1. The van der Waals surface area contributed by atoms with Crippen LogP contribution in [0.5, 0.6) is 0 Å². The number of hydrogen-bond acceptors (Lipinski definition) is 3. The van der Waals surface area contributed by atoms with E-state index in [9.17, 15) is 15.0 Å². The van der Waals surface area contributed by atoms with Crippen molar-refractivity contribution in [1.29, 1.82) is 0 Å². The molecule has 4 heteroatoms. The van der Waals surface area contributed by atoms with E-state index in [2.05, 4.69) is 43.5 Å². The predicted molar refractivity (Wildman–Crippen MR) is 248 cm³/mol. The van der Waals surface area contributed by atoms with Gasteiger partial charge in [-0.05, 0) is 51.4 Å². The van der Waals surface area contributed by atoms with Gasteiger partial charge >= 0.3 is 0 Å². The second kappa shape index (κ2) is 48.0. The molecule has 4 nitrogen and oxygen atoms in total. The SMILES string of the molecule is CCCCCCCCCCC/C=C\C/C=C\CCCCCCCCCCCCCCCCCCCC(=O)NC(CO)C(O)/C=C/CCCCCCCCCCC. The summed E-state index contributed by atoms with van der Waals surface area (Å²) in [4.78, 5) is 12.4. The highest BCUT2D eigenvalue weighted by molar-refractivity contribution is 5.76. The lowest BCUT2D eigenvalue weighted by Gasteiger charge is -2.20. The molecule has 0 aromatic carbocycles. The highest BCUT2D eigenvalue weighted by Crippen LogP contribution is 2.16. The van der Waals surface area contributed by atoms with Gasteiger partial charge in [0.15, 0.2) is 0 Å². The van der Waals surface area contributed by atoms with E-state index in [1.54, 1.807) is 6.08 Å². The van der Waals surface area contributed by atoms with Crippen molar-refractivity contribution in [2.24, 2.45) is 0 Å². The summed E-state index contributed by atoms with van der Waals surface area (Å²) in [5.74, 6) is -0.0629. The Balaban J connectivity index is 3.43. The van der Waals surface area contributed by atoms with Crippen LogP contribution in [0.15, 0.2) is 36.5 Å². The summed E-state index contributed by atoms with van der Waals surface area (Å²) in [5, 5.41) is 23.0. The minimum absolute atomic E-state index is 0.0629. The number of carbonyl (C=O) groups is 1. The van der Waals surface area contributed by atoms with Gasteiger partial charge < -0.3 is 15.5 Å². The maximum absolute atomic E-state index is 12.4. The van der Waals surface area contributed by atoms with Gasteiger partial charge in [0.2, 0.25) is 5.91 Å². The fourth-order valence-corrected chi connectivity index (χ4v) is 7.74. The van der Waals surface area contributed by atoms with Crippen LogP contribution in [0.1, 0.15) is 271 Å². The molecule has 0 fully saturated rings. The topological polar surface area (TPSA) is 69.6 Å². The molecule has 0 saturated heterocycles. The van der Waals surface area contributed by atoms with E-state index in [4.69, 9.17) is 0 Å². The van der Waals surface area contributed by atoms with Gasteiger partial charge in [0.05, 0.1) is 18.8 Å². The van der Waals surface area contributed by atoms with Crippen molar-refractivity contribution >= 4 is 5.91 Å². The number of rotatable bonds is 46. The minimum Gasteiger partial charge on any atom is -0.394 e. The van der Waals surface area contributed by atoms with Crippen molar-refractivity contribution in [1.82, 2.24) is 5.32 Å². The van der Waals surface area contributed by atoms with Crippen LogP contribution in [0.3, 0.4) is 0 Å². The number of allylic oxidation sites excluding steroid dienone is 5. The van der Waals surface area contributed by atoms with Gasteiger partial charge in [-0.2, -0.15) is 0 Å². The van der Waals surface area contributed by atoms with Crippen LogP contribution in [0.2, 0.25) is 0 Å². The molecule has 0 rings (SSSR count). The van der Waals surface area contributed by atoms with Gasteiger partial charge in [-0.25, -0.2) is 0 Å². The highest BCUT2D eigenvalue weighted by Gasteiger charge is 2.18. The summed E-state index contributed by atoms with van der Waals surface area (Å²) in [6.45, 7) is 4.31. The third-order valence-electron chi connectivity index (χ3n) is 11.6. The molecule has 0 spiro atoms. The molecule has 2 atom stereocenters. The lowest BCUT2D eigenvalue weighted by Crippen LogP contribution is -2.45. The minimum atomic E-state index is -0.836. The number of hydrogen-bond donors (Lipinski definition) is 3. The molecule has 0 aromatic heterocycles. The van der Waals surface area contributed by atoms with E-state index in [1.807, 2.05) is 6.08 Å². The Hall–Kier alpha value is -1.39. The molecule has 0 bridgehead atoms. The zero-order valence-corrected chi connectivity index (χ0v) is 37.9. The lowest BCUT2D eigenvalue weighted by molar-refractivity contribution is -0.123. The number of nitrogens with one attached hydrogen (secondary N) is 1. The van der Waals surface area contributed by atoms with Crippen LogP contribution < -0.4 is 5.32 Å². The molecule has 0 radical (unpaired) electrons. The van der Waals surface area contributed by atoms with Crippen molar-refractivity contribution in [3.05, 3.63) is 36.5 Å². The maximum Gasteiger partial charge on any atom is 0.220 e. The Morgan fingerprint density at radius 2 is 0.732 bits per heavy atom. The number of carbonyl (C=O) groups excluding carboxylic acids is 1. The second-order valence-electron chi connectivity index (χ2n) is 17.2. The van der Waals surface area contributed by atoms with Crippen molar-refractivity contribution in [2.45, 2.75) is 283 Å². The monoisotopic (exact) mass is 786 g/mol. The summed E-state index contributed by atoms with van der Waals surface area (Å²) in [5.41, 5.74) is 0. The number of amides is 1. The first-order valence-corrected chi connectivity index (χ1v) is 25.2. The number of aliphatic hydroxyl groups is 2. The van der Waals surface area contributed by atoms with E-state index < -0.39 is 12.1 Å². The molecule has 1 amide bonds. The zero-order valence-electron chi connectivity index (χ0n) is 37.9. The Kier molecular flexibility index (Phi) is 46.8. The molecule has 0 saturated carbocycles. The van der Waals surface area contributed by atoms with Gasteiger partial charge in [-0.1, -0.05) is 249 Å². The van der Waals surface area contributed by atoms with Crippen LogP contribution >= 0.6 is 0 Å². The van der Waals surface area contributed by atoms with Gasteiger partial charge in [0.25, 0.3) is 0 Å². The Morgan fingerprint density at radius 1 is 0.429 bits per heavy atom.